The number of pyridine rings is 2. The molecule has 2 aliphatic carbocycles. The summed E-state index contributed by atoms with van der Waals surface area (Å²) in [6.45, 7) is 9.39. The molecule has 0 spiro atoms. The van der Waals surface area contributed by atoms with Gasteiger partial charge in [0.25, 0.3) is 0 Å². The zero-order valence-electron chi connectivity index (χ0n) is 34.2. The third-order valence-corrected chi connectivity index (χ3v) is 13.7. The Kier molecular flexibility index (Phi) is 7.36. The smallest absolute Gasteiger partial charge is 0.0894 e. The summed E-state index contributed by atoms with van der Waals surface area (Å²) in [6.07, 6.45) is 0. The Morgan fingerprint density at radius 1 is 0.283 bits per heavy atom. The van der Waals surface area contributed by atoms with E-state index in [0.29, 0.717) is 0 Å². The van der Waals surface area contributed by atoms with E-state index in [1.54, 1.807) is 0 Å². The van der Waals surface area contributed by atoms with Crippen LogP contribution in [0.1, 0.15) is 49.9 Å². The normalized spacial score (nSPS) is 14.3. The van der Waals surface area contributed by atoms with Crippen LogP contribution < -0.4 is 0 Å². The lowest BCUT2D eigenvalue weighted by Crippen LogP contribution is -2.14. The third-order valence-electron chi connectivity index (χ3n) is 13.7. The van der Waals surface area contributed by atoms with Crippen molar-refractivity contribution in [1.82, 2.24) is 9.97 Å². The lowest BCUT2D eigenvalue weighted by Gasteiger charge is -2.22. The first kappa shape index (κ1) is 34.8. The summed E-state index contributed by atoms with van der Waals surface area (Å²) < 4.78 is 0. The van der Waals surface area contributed by atoms with Crippen LogP contribution in [0.5, 0.6) is 0 Å². The Hall–Kier alpha value is -7.16. The molecular weight excluding hydrogens is 725 g/mol. The van der Waals surface area contributed by atoms with Gasteiger partial charge in [-0.15, -0.1) is 0 Å². The van der Waals surface area contributed by atoms with Crippen LogP contribution >= 0.6 is 0 Å². The van der Waals surface area contributed by atoms with Crippen LogP contribution in [0.15, 0.2) is 182 Å². The van der Waals surface area contributed by atoms with E-state index in [1.165, 1.54) is 88.3 Å². The van der Waals surface area contributed by atoms with Crippen molar-refractivity contribution in [2.75, 3.05) is 0 Å². The lowest BCUT2D eigenvalue weighted by molar-refractivity contribution is 0.660. The molecule has 0 amide bonds. The standard InChI is InChI=1S/C58H42N2/c1-57(2)49-19-11-9-17-43(49)45-23-21-35(33-51(45)57)37-25-27-47(41-15-7-5-13-39(37)41)53-29-31-56-55(59-53)32-30-54(60-56)48-28-26-38(40-14-6-8-16-42(40)48)36-22-24-46-44-18-10-12-20-50(44)58(3,4)52(46)34-36/h5-34H,1-4H3. The van der Waals surface area contributed by atoms with Gasteiger partial charge in [-0.25, -0.2) is 9.97 Å². The maximum absolute atomic E-state index is 5.23. The predicted octanol–water partition coefficient (Wildman–Crippen LogP) is 15.2. The average Bonchev–Trinajstić information content (AvgIpc) is 3.66. The van der Waals surface area contributed by atoms with Gasteiger partial charge >= 0.3 is 0 Å². The van der Waals surface area contributed by atoms with Gasteiger partial charge in [-0.3, -0.25) is 0 Å². The highest BCUT2D eigenvalue weighted by Crippen LogP contribution is 2.51. The zero-order valence-corrected chi connectivity index (χ0v) is 34.2. The molecule has 0 atom stereocenters. The molecule has 10 aromatic rings. The molecule has 2 nitrogen and oxygen atoms in total. The molecule has 2 aromatic heterocycles. The van der Waals surface area contributed by atoms with Crippen LogP contribution in [0.2, 0.25) is 0 Å². The minimum absolute atomic E-state index is 0.0503. The first-order chi connectivity index (χ1) is 29.3. The summed E-state index contributed by atoms with van der Waals surface area (Å²) in [5.74, 6) is 0. The molecule has 0 radical (unpaired) electrons. The van der Waals surface area contributed by atoms with E-state index in [2.05, 4.69) is 210 Å². The van der Waals surface area contributed by atoms with E-state index in [4.69, 9.17) is 9.97 Å². The molecule has 0 fully saturated rings. The summed E-state index contributed by atoms with van der Waals surface area (Å²) >= 11 is 0. The van der Waals surface area contributed by atoms with Gasteiger partial charge in [0.1, 0.15) is 0 Å². The molecule has 2 heterocycles. The summed E-state index contributed by atoms with van der Waals surface area (Å²) in [5.41, 5.74) is 21.7. The molecule has 2 heteroatoms. The molecule has 12 rings (SSSR count). The van der Waals surface area contributed by atoms with E-state index in [-0.39, 0.29) is 10.8 Å². The van der Waals surface area contributed by atoms with Gasteiger partial charge in [-0.1, -0.05) is 173 Å². The van der Waals surface area contributed by atoms with Gasteiger partial charge in [0.05, 0.1) is 22.4 Å². The summed E-state index contributed by atoms with van der Waals surface area (Å²) in [4.78, 5) is 10.5. The molecule has 2 aliphatic rings. The maximum atomic E-state index is 5.23. The minimum Gasteiger partial charge on any atom is -0.246 e. The Morgan fingerprint density at radius 3 is 1.05 bits per heavy atom. The topological polar surface area (TPSA) is 25.8 Å². The Morgan fingerprint density at radius 2 is 0.617 bits per heavy atom. The average molecular weight is 767 g/mol. The number of rotatable bonds is 4. The SMILES string of the molecule is CC1(C)c2ccccc2-c2ccc(-c3ccc(-c4ccc5nc(-c6ccc(-c7ccc8c(c7)C(C)(C)c7ccccc7-8)c7ccccc67)ccc5n4)c4ccccc34)cc21. The van der Waals surface area contributed by atoms with Crippen LogP contribution in [0.3, 0.4) is 0 Å². The Labute approximate surface area is 350 Å². The molecule has 0 bridgehead atoms. The number of fused-ring (bicyclic) bond motifs is 9. The van der Waals surface area contributed by atoms with Gasteiger partial charge < -0.3 is 0 Å². The Bertz CT molecular complexity index is 3210. The van der Waals surface area contributed by atoms with Crippen LogP contribution in [0.25, 0.3) is 99.6 Å². The number of hydrogen-bond acceptors (Lipinski definition) is 2. The number of benzene rings is 8. The zero-order chi connectivity index (χ0) is 40.3. The second-order valence-electron chi connectivity index (χ2n) is 17.7. The van der Waals surface area contributed by atoms with E-state index in [0.717, 1.165) is 33.5 Å². The number of nitrogens with zero attached hydrogens (tertiary/aromatic N) is 2. The van der Waals surface area contributed by atoms with Crippen LogP contribution in [-0.4, -0.2) is 9.97 Å². The molecule has 0 N–H and O–H groups in total. The van der Waals surface area contributed by atoms with Gasteiger partial charge in [-0.05, 0) is 125 Å². The summed E-state index contributed by atoms with van der Waals surface area (Å²) in [6, 6.07) is 66.8. The molecule has 8 aromatic carbocycles. The largest absolute Gasteiger partial charge is 0.246 e. The molecule has 0 saturated carbocycles. The molecule has 284 valence electrons. The summed E-state index contributed by atoms with van der Waals surface area (Å²) in [7, 11) is 0. The first-order valence-corrected chi connectivity index (χ1v) is 21.1. The van der Waals surface area contributed by atoms with Crippen molar-refractivity contribution >= 4 is 32.6 Å². The fraction of sp³-hybridized carbons (Fsp3) is 0.103. The van der Waals surface area contributed by atoms with Gasteiger partial charge in [0.2, 0.25) is 0 Å². The second kappa shape index (κ2) is 12.7. The quantitative estimate of drug-likeness (QED) is 0.178. The van der Waals surface area contributed by atoms with Crippen molar-refractivity contribution in [2.24, 2.45) is 0 Å². The van der Waals surface area contributed by atoms with Crippen LogP contribution in [0, 0.1) is 0 Å². The van der Waals surface area contributed by atoms with Crippen LogP contribution in [-0.2, 0) is 10.8 Å². The molecule has 0 aliphatic heterocycles. The number of aromatic nitrogens is 2. The minimum atomic E-state index is -0.0503. The van der Waals surface area contributed by atoms with Gasteiger partial charge in [0.15, 0.2) is 0 Å². The molecule has 0 saturated heterocycles. The van der Waals surface area contributed by atoms with Crippen molar-refractivity contribution in [3.05, 3.63) is 204 Å². The van der Waals surface area contributed by atoms with Crippen molar-refractivity contribution in [2.45, 2.75) is 38.5 Å². The van der Waals surface area contributed by atoms with Crippen molar-refractivity contribution in [3.8, 4) is 67.0 Å². The van der Waals surface area contributed by atoms with E-state index in [9.17, 15) is 0 Å². The highest BCUT2D eigenvalue weighted by atomic mass is 14.8. The first-order valence-electron chi connectivity index (χ1n) is 21.1. The highest BCUT2D eigenvalue weighted by molar-refractivity contribution is 6.07. The third kappa shape index (κ3) is 5.01. The second-order valence-corrected chi connectivity index (χ2v) is 17.7. The lowest BCUT2D eigenvalue weighted by atomic mass is 9.81. The monoisotopic (exact) mass is 766 g/mol. The number of hydrogen-bond donors (Lipinski definition) is 0. The van der Waals surface area contributed by atoms with Crippen molar-refractivity contribution < 1.29 is 0 Å². The molecule has 60 heavy (non-hydrogen) atoms. The van der Waals surface area contributed by atoms with Gasteiger partial charge in [0, 0.05) is 22.0 Å². The Balaban J connectivity index is 0.898. The fourth-order valence-corrected chi connectivity index (χ4v) is 10.6. The van der Waals surface area contributed by atoms with Crippen LogP contribution in [0.4, 0.5) is 0 Å². The molecule has 0 unspecified atom stereocenters. The van der Waals surface area contributed by atoms with E-state index >= 15 is 0 Å². The fourth-order valence-electron chi connectivity index (χ4n) is 10.6. The van der Waals surface area contributed by atoms with E-state index < -0.39 is 0 Å². The predicted molar refractivity (Wildman–Crippen MR) is 251 cm³/mol. The van der Waals surface area contributed by atoms with Crippen molar-refractivity contribution in [3.63, 3.8) is 0 Å². The molecular formula is C58H42N2. The van der Waals surface area contributed by atoms with E-state index in [1.807, 2.05) is 0 Å². The summed E-state index contributed by atoms with van der Waals surface area (Å²) in [5, 5.41) is 4.83. The maximum Gasteiger partial charge on any atom is 0.0894 e. The highest BCUT2D eigenvalue weighted by Gasteiger charge is 2.36. The van der Waals surface area contributed by atoms with Gasteiger partial charge in [-0.2, -0.15) is 0 Å². The van der Waals surface area contributed by atoms with Crippen molar-refractivity contribution in [1.29, 1.82) is 0 Å².